The van der Waals surface area contributed by atoms with Gasteiger partial charge in [0.1, 0.15) is 0 Å². The zero-order valence-corrected chi connectivity index (χ0v) is 15.2. The second-order valence-electron chi connectivity index (χ2n) is 7.48. The van der Waals surface area contributed by atoms with Crippen LogP contribution in [-0.2, 0) is 0 Å². The smallest absolute Gasteiger partial charge is 0.255 e. The number of amides is 2. The van der Waals surface area contributed by atoms with E-state index in [1.165, 1.54) is 0 Å². The molecule has 0 radical (unpaired) electrons. The number of rotatable bonds is 3. The third-order valence-corrected chi connectivity index (χ3v) is 5.04. The number of likely N-dealkylation sites (tertiary alicyclic amines) is 1. The molecule has 2 amide bonds. The van der Waals surface area contributed by atoms with Crippen LogP contribution in [0.5, 0.6) is 0 Å². The topological polar surface area (TPSA) is 75.4 Å². The minimum Gasteiger partial charge on any atom is -0.338 e. The molecule has 1 atom stereocenters. The van der Waals surface area contributed by atoms with Crippen molar-refractivity contribution in [2.24, 2.45) is 11.1 Å². The van der Waals surface area contributed by atoms with Crippen molar-refractivity contribution in [2.45, 2.75) is 26.3 Å². The molecule has 5 heteroatoms. The number of benzene rings is 2. The summed E-state index contributed by atoms with van der Waals surface area (Å²) in [7, 11) is 0. The molecule has 0 bridgehead atoms. The summed E-state index contributed by atoms with van der Waals surface area (Å²) in [5, 5.41) is 2.87. The number of nitrogens with one attached hydrogen (secondary N) is 1. The van der Waals surface area contributed by atoms with E-state index in [0.29, 0.717) is 29.9 Å². The Bertz CT molecular complexity index is 802. The van der Waals surface area contributed by atoms with Crippen LogP contribution >= 0.6 is 0 Å². The van der Waals surface area contributed by atoms with Crippen LogP contribution in [0.1, 0.15) is 41.0 Å². The number of carbonyl (C=O) groups excluding carboxylic acids is 2. The van der Waals surface area contributed by atoms with E-state index >= 15 is 0 Å². The number of hydrogen-bond donors (Lipinski definition) is 2. The second kappa shape index (κ2) is 7.30. The van der Waals surface area contributed by atoms with E-state index in [9.17, 15) is 9.59 Å². The normalized spacial score (nSPS) is 19.0. The highest BCUT2D eigenvalue weighted by Gasteiger charge is 2.36. The molecule has 5 nitrogen and oxygen atoms in total. The SMILES string of the molecule is CC1(C)CN(C(=O)c2ccccc2NC(=O)c2ccccc2)CCC1N. The van der Waals surface area contributed by atoms with E-state index in [1.54, 1.807) is 24.3 Å². The number of hydrogen-bond acceptors (Lipinski definition) is 3. The first-order valence-electron chi connectivity index (χ1n) is 8.89. The molecule has 1 fully saturated rings. The average Bonchev–Trinajstić information content (AvgIpc) is 2.64. The molecule has 1 unspecified atom stereocenters. The summed E-state index contributed by atoms with van der Waals surface area (Å²) in [6.07, 6.45) is 0.775. The molecule has 0 aliphatic carbocycles. The number of carbonyl (C=O) groups is 2. The number of nitrogens with zero attached hydrogens (tertiary/aromatic N) is 1. The molecule has 0 spiro atoms. The quantitative estimate of drug-likeness (QED) is 0.892. The van der Waals surface area contributed by atoms with Gasteiger partial charge in [-0.3, -0.25) is 9.59 Å². The third kappa shape index (κ3) is 3.78. The van der Waals surface area contributed by atoms with Gasteiger partial charge < -0.3 is 16.0 Å². The fourth-order valence-corrected chi connectivity index (χ4v) is 3.28. The standard InChI is InChI=1S/C21H25N3O2/c1-21(2)14-24(13-12-18(21)22)20(26)16-10-6-7-11-17(16)23-19(25)15-8-4-3-5-9-15/h3-11,18H,12-14,22H2,1-2H3,(H,23,25). The Labute approximate surface area is 154 Å². The highest BCUT2D eigenvalue weighted by molar-refractivity contribution is 6.09. The van der Waals surface area contributed by atoms with E-state index < -0.39 is 0 Å². The predicted octanol–water partition coefficient (Wildman–Crippen LogP) is 3.14. The van der Waals surface area contributed by atoms with Crippen LogP contribution in [-0.4, -0.2) is 35.8 Å². The Kier molecular flexibility index (Phi) is 5.09. The second-order valence-corrected chi connectivity index (χ2v) is 7.48. The Morgan fingerprint density at radius 2 is 1.73 bits per heavy atom. The van der Waals surface area contributed by atoms with Crippen molar-refractivity contribution in [3.63, 3.8) is 0 Å². The molecule has 3 N–H and O–H groups in total. The maximum Gasteiger partial charge on any atom is 0.255 e. The minimum absolute atomic E-state index is 0.0751. The zero-order valence-electron chi connectivity index (χ0n) is 15.2. The lowest BCUT2D eigenvalue weighted by molar-refractivity contribution is 0.0534. The Morgan fingerprint density at radius 3 is 2.42 bits per heavy atom. The molecule has 1 aliphatic rings. The Balaban J connectivity index is 1.81. The van der Waals surface area contributed by atoms with Gasteiger partial charge in [-0.15, -0.1) is 0 Å². The molecule has 1 aliphatic heterocycles. The van der Waals surface area contributed by atoms with Crippen LogP contribution in [0.4, 0.5) is 5.69 Å². The average molecular weight is 351 g/mol. The van der Waals surface area contributed by atoms with Crippen molar-refractivity contribution in [3.05, 3.63) is 65.7 Å². The van der Waals surface area contributed by atoms with Crippen LogP contribution in [0.25, 0.3) is 0 Å². The molecule has 3 rings (SSSR count). The molecule has 0 aromatic heterocycles. The number of nitrogens with two attached hydrogens (primary N) is 1. The van der Waals surface area contributed by atoms with E-state index in [0.717, 1.165) is 6.42 Å². The van der Waals surface area contributed by atoms with E-state index in [4.69, 9.17) is 5.73 Å². The predicted molar refractivity (Wildman–Crippen MR) is 103 cm³/mol. The molecule has 1 saturated heterocycles. The lowest BCUT2D eigenvalue weighted by Crippen LogP contribution is -2.54. The highest BCUT2D eigenvalue weighted by atomic mass is 16.2. The molecular formula is C21H25N3O2. The monoisotopic (exact) mass is 351 g/mol. The lowest BCUT2D eigenvalue weighted by Gasteiger charge is -2.42. The van der Waals surface area contributed by atoms with Crippen molar-refractivity contribution in [1.29, 1.82) is 0 Å². The number of anilines is 1. The van der Waals surface area contributed by atoms with Crippen molar-refractivity contribution in [1.82, 2.24) is 4.90 Å². The van der Waals surface area contributed by atoms with Crippen LogP contribution < -0.4 is 11.1 Å². The van der Waals surface area contributed by atoms with Gasteiger partial charge in [0.05, 0.1) is 11.3 Å². The third-order valence-electron chi connectivity index (χ3n) is 5.04. The fraction of sp³-hybridized carbons (Fsp3) is 0.333. The van der Waals surface area contributed by atoms with Crippen molar-refractivity contribution < 1.29 is 9.59 Å². The molecule has 1 heterocycles. The lowest BCUT2D eigenvalue weighted by atomic mass is 9.79. The van der Waals surface area contributed by atoms with E-state index in [-0.39, 0.29) is 23.3 Å². The van der Waals surface area contributed by atoms with Gasteiger partial charge in [-0.05, 0) is 36.1 Å². The molecule has 26 heavy (non-hydrogen) atoms. The highest BCUT2D eigenvalue weighted by Crippen LogP contribution is 2.29. The zero-order chi connectivity index (χ0) is 18.7. The van der Waals surface area contributed by atoms with Crippen molar-refractivity contribution in [2.75, 3.05) is 18.4 Å². The first-order valence-corrected chi connectivity index (χ1v) is 8.89. The minimum atomic E-state index is -0.230. The Hall–Kier alpha value is -2.66. The molecule has 0 saturated carbocycles. The van der Waals surface area contributed by atoms with Crippen LogP contribution in [0, 0.1) is 5.41 Å². The van der Waals surface area contributed by atoms with Crippen molar-refractivity contribution >= 4 is 17.5 Å². The summed E-state index contributed by atoms with van der Waals surface area (Å²) in [4.78, 5) is 27.4. The maximum atomic E-state index is 13.1. The first-order chi connectivity index (χ1) is 12.4. The van der Waals surface area contributed by atoms with Gasteiger partial charge in [-0.1, -0.05) is 44.2 Å². The van der Waals surface area contributed by atoms with Crippen LogP contribution in [0.2, 0.25) is 0 Å². The van der Waals surface area contributed by atoms with Crippen LogP contribution in [0.3, 0.4) is 0 Å². The summed E-state index contributed by atoms with van der Waals surface area (Å²) >= 11 is 0. The molecule has 2 aromatic rings. The van der Waals surface area contributed by atoms with Gasteiger partial charge in [0.25, 0.3) is 11.8 Å². The first kappa shape index (κ1) is 18.1. The molecule has 2 aromatic carbocycles. The molecular weight excluding hydrogens is 326 g/mol. The van der Waals surface area contributed by atoms with Gasteiger partial charge in [0.15, 0.2) is 0 Å². The summed E-state index contributed by atoms with van der Waals surface area (Å²) in [6.45, 7) is 5.40. The molecule has 136 valence electrons. The number of piperidine rings is 1. The Morgan fingerprint density at radius 1 is 1.08 bits per heavy atom. The largest absolute Gasteiger partial charge is 0.338 e. The number of para-hydroxylation sites is 1. The van der Waals surface area contributed by atoms with Gasteiger partial charge >= 0.3 is 0 Å². The summed E-state index contributed by atoms with van der Waals surface area (Å²) in [5.41, 5.74) is 7.64. The summed E-state index contributed by atoms with van der Waals surface area (Å²) in [5.74, 6) is -0.305. The van der Waals surface area contributed by atoms with Gasteiger partial charge in [-0.2, -0.15) is 0 Å². The van der Waals surface area contributed by atoms with Gasteiger partial charge in [-0.25, -0.2) is 0 Å². The van der Waals surface area contributed by atoms with Gasteiger partial charge in [0, 0.05) is 24.7 Å². The summed E-state index contributed by atoms with van der Waals surface area (Å²) in [6, 6.07) is 16.2. The summed E-state index contributed by atoms with van der Waals surface area (Å²) < 4.78 is 0. The van der Waals surface area contributed by atoms with E-state index in [2.05, 4.69) is 19.2 Å². The maximum absolute atomic E-state index is 13.1. The van der Waals surface area contributed by atoms with E-state index in [1.807, 2.05) is 35.2 Å². The van der Waals surface area contributed by atoms with Crippen molar-refractivity contribution in [3.8, 4) is 0 Å². The fourth-order valence-electron chi connectivity index (χ4n) is 3.28. The van der Waals surface area contributed by atoms with Crippen LogP contribution in [0.15, 0.2) is 54.6 Å². The van der Waals surface area contributed by atoms with Gasteiger partial charge in [0.2, 0.25) is 0 Å².